The van der Waals surface area contributed by atoms with Crippen LogP contribution in [0.3, 0.4) is 0 Å². The lowest BCUT2D eigenvalue weighted by atomic mass is 9.65. The Morgan fingerprint density at radius 2 is 1.71 bits per heavy atom. The van der Waals surface area contributed by atoms with Gasteiger partial charge >= 0.3 is 0 Å². The molecule has 0 radical (unpaired) electrons. The molecule has 0 atom stereocenters. The molecule has 1 heterocycles. The fraction of sp³-hybridized carbons (Fsp3) is 0.222. The maximum Gasteiger partial charge on any atom is 0.206 e. The Morgan fingerprint density at radius 3 is 2.29 bits per heavy atom. The highest BCUT2D eigenvalue weighted by atomic mass is 16.5. The molecule has 0 fully saturated rings. The summed E-state index contributed by atoms with van der Waals surface area (Å²) in [4.78, 5) is 38.6. The molecule has 0 aromatic heterocycles. The van der Waals surface area contributed by atoms with E-state index in [1.807, 2.05) is 6.07 Å². The van der Waals surface area contributed by atoms with Gasteiger partial charge < -0.3 is 10.5 Å². The number of nitriles is 1. The summed E-state index contributed by atoms with van der Waals surface area (Å²) in [7, 11) is 0. The number of carbonyl (C=O) groups excluding carboxylic acids is 3. The van der Waals surface area contributed by atoms with Gasteiger partial charge in [0.2, 0.25) is 5.88 Å². The van der Waals surface area contributed by atoms with Gasteiger partial charge in [-0.1, -0.05) is 24.3 Å². The van der Waals surface area contributed by atoms with Crippen LogP contribution in [0.25, 0.3) is 0 Å². The SMILES string of the molecule is N#CC1=C(N)OC2=C(CCCC2=O)C12C(=O)c1ccccc1C2=O. The third-order valence-electron chi connectivity index (χ3n) is 4.85. The molecule has 0 bridgehead atoms. The summed E-state index contributed by atoms with van der Waals surface area (Å²) < 4.78 is 5.35. The Kier molecular flexibility index (Phi) is 2.79. The topological polar surface area (TPSA) is 110 Å². The van der Waals surface area contributed by atoms with E-state index in [4.69, 9.17) is 10.5 Å². The summed E-state index contributed by atoms with van der Waals surface area (Å²) in [5.41, 5.74) is 4.52. The van der Waals surface area contributed by atoms with Crippen molar-refractivity contribution in [3.63, 3.8) is 0 Å². The lowest BCUT2D eigenvalue weighted by Gasteiger charge is -2.36. The number of ketones is 3. The number of carbonyl (C=O) groups is 3. The van der Waals surface area contributed by atoms with Gasteiger partial charge in [0.05, 0.1) is 0 Å². The van der Waals surface area contributed by atoms with Crippen LogP contribution in [0.2, 0.25) is 0 Å². The zero-order valence-electron chi connectivity index (χ0n) is 12.6. The minimum Gasteiger partial charge on any atom is -0.437 e. The van der Waals surface area contributed by atoms with E-state index >= 15 is 0 Å². The van der Waals surface area contributed by atoms with Crippen molar-refractivity contribution in [1.29, 1.82) is 5.26 Å². The van der Waals surface area contributed by atoms with E-state index in [9.17, 15) is 19.6 Å². The second-order valence-corrected chi connectivity index (χ2v) is 5.99. The Bertz CT molecular complexity index is 911. The number of hydrogen-bond donors (Lipinski definition) is 1. The zero-order chi connectivity index (χ0) is 17.1. The van der Waals surface area contributed by atoms with Crippen molar-refractivity contribution in [2.75, 3.05) is 0 Å². The van der Waals surface area contributed by atoms with Crippen molar-refractivity contribution in [2.24, 2.45) is 11.1 Å². The maximum atomic E-state index is 13.2. The molecule has 118 valence electrons. The van der Waals surface area contributed by atoms with E-state index in [-0.39, 0.29) is 46.1 Å². The third kappa shape index (κ3) is 1.46. The van der Waals surface area contributed by atoms with Crippen LogP contribution in [0.1, 0.15) is 40.0 Å². The highest BCUT2D eigenvalue weighted by molar-refractivity contribution is 6.34. The summed E-state index contributed by atoms with van der Waals surface area (Å²) in [5, 5.41) is 9.58. The zero-order valence-corrected chi connectivity index (χ0v) is 12.6. The van der Waals surface area contributed by atoms with Gasteiger partial charge in [0.1, 0.15) is 11.6 Å². The fourth-order valence-electron chi connectivity index (χ4n) is 3.82. The smallest absolute Gasteiger partial charge is 0.206 e. The molecule has 1 spiro atoms. The average Bonchev–Trinajstić information content (AvgIpc) is 2.80. The molecule has 2 aliphatic carbocycles. The normalized spacial score (nSPS) is 21.5. The monoisotopic (exact) mass is 320 g/mol. The van der Waals surface area contributed by atoms with Gasteiger partial charge in [0.25, 0.3) is 0 Å². The number of nitrogens with zero attached hydrogens (tertiary/aromatic N) is 1. The predicted octanol–water partition coefficient (Wildman–Crippen LogP) is 1.78. The van der Waals surface area contributed by atoms with E-state index in [0.29, 0.717) is 12.8 Å². The van der Waals surface area contributed by atoms with Gasteiger partial charge in [0, 0.05) is 23.1 Å². The number of rotatable bonds is 0. The first-order valence-corrected chi connectivity index (χ1v) is 7.57. The molecule has 24 heavy (non-hydrogen) atoms. The third-order valence-corrected chi connectivity index (χ3v) is 4.85. The second kappa shape index (κ2) is 4.65. The van der Waals surface area contributed by atoms with Crippen LogP contribution >= 0.6 is 0 Å². The molecule has 4 rings (SSSR count). The molecule has 1 aromatic carbocycles. The van der Waals surface area contributed by atoms with Gasteiger partial charge in [-0.2, -0.15) is 5.26 Å². The lowest BCUT2D eigenvalue weighted by molar-refractivity contribution is -0.119. The minimum atomic E-state index is -1.84. The number of ether oxygens (including phenoxy) is 1. The molecule has 6 heteroatoms. The molecule has 6 nitrogen and oxygen atoms in total. The highest BCUT2D eigenvalue weighted by Crippen LogP contribution is 2.54. The van der Waals surface area contributed by atoms with E-state index in [1.165, 1.54) is 0 Å². The van der Waals surface area contributed by atoms with Crippen molar-refractivity contribution >= 4 is 17.3 Å². The van der Waals surface area contributed by atoms with Gasteiger partial charge in [-0.05, 0) is 12.8 Å². The molecular weight excluding hydrogens is 308 g/mol. The van der Waals surface area contributed by atoms with Crippen LogP contribution in [0, 0.1) is 16.7 Å². The molecule has 0 amide bonds. The second-order valence-electron chi connectivity index (χ2n) is 5.99. The first-order valence-electron chi connectivity index (χ1n) is 7.57. The van der Waals surface area contributed by atoms with E-state index in [0.717, 1.165) is 0 Å². The number of benzene rings is 1. The van der Waals surface area contributed by atoms with Crippen LogP contribution in [-0.4, -0.2) is 17.3 Å². The number of Topliss-reactive ketones (excluding diaryl/α,β-unsaturated/α-hetero) is 3. The van der Waals surface area contributed by atoms with E-state index in [1.54, 1.807) is 24.3 Å². The minimum absolute atomic E-state index is 0.0488. The fourth-order valence-corrected chi connectivity index (χ4v) is 3.82. The molecule has 1 aliphatic heterocycles. The molecule has 1 aromatic rings. The van der Waals surface area contributed by atoms with Gasteiger partial charge in [-0.3, -0.25) is 14.4 Å². The summed E-state index contributed by atoms with van der Waals surface area (Å²) in [6.45, 7) is 0. The number of fused-ring (bicyclic) bond motifs is 2. The first-order chi connectivity index (χ1) is 11.5. The predicted molar refractivity (Wildman–Crippen MR) is 81.3 cm³/mol. The summed E-state index contributed by atoms with van der Waals surface area (Å²) in [6, 6.07) is 8.29. The molecule has 3 aliphatic rings. The number of allylic oxidation sites excluding steroid dienone is 3. The van der Waals surface area contributed by atoms with Crippen molar-refractivity contribution < 1.29 is 19.1 Å². The maximum absolute atomic E-state index is 13.2. The molecule has 0 saturated carbocycles. The molecule has 0 saturated heterocycles. The van der Waals surface area contributed by atoms with Crippen LogP contribution in [0.15, 0.2) is 47.1 Å². The van der Waals surface area contributed by atoms with Crippen LogP contribution < -0.4 is 5.73 Å². The van der Waals surface area contributed by atoms with Crippen molar-refractivity contribution in [3.8, 4) is 6.07 Å². The summed E-state index contributed by atoms with van der Waals surface area (Å²) in [5.74, 6) is -1.71. The highest BCUT2D eigenvalue weighted by Gasteiger charge is 2.62. The first kappa shape index (κ1) is 14.4. The van der Waals surface area contributed by atoms with Crippen molar-refractivity contribution in [1.82, 2.24) is 0 Å². The van der Waals surface area contributed by atoms with Gasteiger partial charge in [-0.25, -0.2) is 0 Å². The van der Waals surface area contributed by atoms with Gasteiger partial charge in [0.15, 0.2) is 28.5 Å². The number of nitrogens with two attached hydrogens (primary N) is 1. The van der Waals surface area contributed by atoms with Crippen LogP contribution in [0.5, 0.6) is 0 Å². The largest absolute Gasteiger partial charge is 0.437 e. The Hall–Kier alpha value is -3.20. The van der Waals surface area contributed by atoms with Crippen molar-refractivity contribution in [2.45, 2.75) is 19.3 Å². The molecule has 2 N–H and O–H groups in total. The van der Waals surface area contributed by atoms with E-state index < -0.39 is 17.0 Å². The lowest BCUT2D eigenvalue weighted by Crippen LogP contribution is -2.44. The number of hydrogen-bond acceptors (Lipinski definition) is 6. The average molecular weight is 320 g/mol. The van der Waals surface area contributed by atoms with Gasteiger partial charge in [-0.15, -0.1) is 0 Å². The summed E-state index contributed by atoms with van der Waals surface area (Å²) >= 11 is 0. The quantitative estimate of drug-likeness (QED) is 0.730. The molecule has 0 unspecified atom stereocenters. The standard InChI is InChI=1S/C18H12N2O4/c19-8-12-17(20)24-14-11(6-3-7-13(14)21)18(12)15(22)9-4-1-2-5-10(9)16(18)23/h1-2,4-5H,3,6-7,20H2. The van der Waals surface area contributed by atoms with E-state index in [2.05, 4.69) is 0 Å². The Balaban J connectivity index is 2.09. The van der Waals surface area contributed by atoms with Crippen LogP contribution in [-0.2, 0) is 9.53 Å². The van der Waals surface area contributed by atoms with Crippen LogP contribution in [0.4, 0.5) is 0 Å². The Morgan fingerprint density at radius 1 is 1.08 bits per heavy atom. The van der Waals surface area contributed by atoms with Crippen molar-refractivity contribution in [3.05, 3.63) is 58.2 Å². The Labute approximate surface area is 137 Å². The molecular formula is C18H12N2O4. The summed E-state index contributed by atoms with van der Waals surface area (Å²) in [6.07, 6.45) is 1.10.